The number of amides is 1. The van der Waals surface area contributed by atoms with Crippen LogP contribution in [0.25, 0.3) is 0 Å². The number of carbonyl (C=O) groups excluding carboxylic acids is 1. The van der Waals surface area contributed by atoms with Crippen LogP contribution in [0.3, 0.4) is 0 Å². The maximum Gasteiger partial charge on any atom is 0.340 e. The van der Waals surface area contributed by atoms with E-state index in [2.05, 4.69) is 29.0 Å². The summed E-state index contributed by atoms with van der Waals surface area (Å²) in [5.41, 5.74) is 0.792. The lowest BCUT2D eigenvalue weighted by Gasteiger charge is -2.47. The maximum absolute atomic E-state index is 12.9. The smallest absolute Gasteiger partial charge is 0.340 e. The van der Waals surface area contributed by atoms with Gasteiger partial charge in [0, 0.05) is 49.7 Å². The molecule has 2 aromatic rings. The van der Waals surface area contributed by atoms with Gasteiger partial charge in [0.1, 0.15) is 5.82 Å². The highest BCUT2D eigenvalue weighted by molar-refractivity contribution is 5.76. The van der Waals surface area contributed by atoms with E-state index in [1.807, 2.05) is 21.6 Å². The average Bonchev–Trinajstić information content (AvgIpc) is 3.17. The molecule has 1 saturated heterocycles. The number of aryl methyl sites for hydroxylation is 1. The fraction of sp³-hybridized carbons (Fsp3) is 0.591. The van der Waals surface area contributed by atoms with Crippen molar-refractivity contribution >= 4 is 12.4 Å². The molecule has 2 aliphatic heterocycles. The van der Waals surface area contributed by atoms with E-state index in [0.717, 1.165) is 25.0 Å². The van der Waals surface area contributed by atoms with Crippen LogP contribution in [0.15, 0.2) is 27.8 Å². The molecule has 4 rings (SSSR count). The van der Waals surface area contributed by atoms with Crippen LogP contribution in [-0.4, -0.2) is 55.2 Å². The molecule has 0 aromatic carbocycles. The second kappa shape index (κ2) is 10.4. The minimum atomic E-state index is -0.352. The molecule has 3 atom stereocenters. The summed E-state index contributed by atoms with van der Waals surface area (Å²) < 4.78 is 2.01. The molecule has 4 heterocycles. The van der Waals surface area contributed by atoms with Gasteiger partial charge in [0.2, 0.25) is 5.91 Å². The first-order valence-electron chi connectivity index (χ1n) is 11.0. The Hall–Kier alpha value is -3.17. The Morgan fingerprint density at radius 2 is 2.06 bits per heavy atom. The Morgan fingerprint density at radius 3 is 2.72 bits per heavy atom. The number of H-pyrrole nitrogens is 2. The molecule has 0 radical (unpaired) electrons. The van der Waals surface area contributed by atoms with Gasteiger partial charge in [0.15, 0.2) is 0 Å². The molecule has 174 valence electrons. The number of hydrogen-bond acceptors (Lipinski definition) is 5. The second-order valence-corrected chi connectivity index (χ2v) is 8.92. The van der Waals surface area contributed by atoms with Crippen LogP contribution in [0.1, 0.15) is 63.0 Å². The highest BCUT2D eigenvalue weighted by Crippen LogP contribution is 2.43. The van der Waals surface area contributed by atoms with E-state index in [0.29, 0.717) is 43.6 Å². The van der Waals surface area contributed by atoms with Crippen molar-refractivity contribution < 1.29 is 14.7 Å². The number of carbonyl (C=O) groups is 2. The fourth-order valence-electron chi connectivity index (χ4n) is 4.93. The molecule has 3 N–H and O–H groups in total. The Bertz CT molecular complexity index is 1040. The van der Waals surface area contributed by atoms with Crippen LogP contribution in [0, 0.1) is 11.8 Å². The number of carboxylic acid groups (broad SMARTS) is 1. The van der Waals surface area contributed by atoms with E-state index in [1.165, 1.54) is 0 Å². The van der Waals surface area contributed by atoms with Crippen molar-refractivity contribution in [3.63, 3.8) is 0 Å². The third-order valence-electron chi connectivity index (χ3n) is 6.32. The number of fused-ring (bicyclic) bond motifs is 4. The summed E-state index contributed by atoms with van der Waals surface area (Å²) in [6, 6.07) is 5.69. The summed E-state index contributed by atoms with van der Waals surface area (Å²) in [5, 5.41) is 13.1. The Morgan fingerprint density at radius 1 is 1.31 bits per heavy atom. The van der Waals surface area contributed by atoms with E-state index < -0.39 is 0 Å². The van der Waals surface area contributed by atoms with Gasteiger partial charge in [-0.15, -0.1) is 0 Å². The first-order chi connectivity index (χ1) is 15.3. The zero-order valence-corrected chi connectivity index (χ0v) is 18.5. The Balaban J connectivity index is 0.000000913. The molecule has 0 unspecified atom stereocenters. The topological polar surface area (TPSA) is 141 Å². The van der Waals surface area contributed by atoms with E-state index in [9.17, 15) is 14.4 Å². The van der Waals surface area contributed by atoms with Crippen molar-refractivity contribution in [3.05, 3.63) is 50.6 Å². The molecule has 1 fully saturated rings. The van der Waals surface area contributed by atoms with Crippen LogP contribution in [0.5, 0.6) is 0 Å². The monoisotopic (exact) mass is 445 g/mol. The number of nitrogens with one attached hydrogen (secondary N) is 2. The van der Waals surface area contributed by atoms with Gasteiger partial charge in [0.25, 0.3) is 12.0 Å². The molecule has 0 saturated carbocycles. The van der Waals surface area contributed by atoms with Crippen molar-refractivity contribution in [3.8, 4) is 0 Å². The average molecular weight is 446 g/mol. The van der Waals surface area contributed by atoms with Crippen molar-refractivity contribution in [2.75, 3.05) is 13.1 Å². The van der Waals surface area contributed by atoms with Gasteiger partial charge < -0.3 is 14.6 Å². The summed E-state index contributed by atoms with van der Waals surface area (Å²) in [7, 11) is 0. The minimum absolute atomic E-state index is 0.0771. The number of pyridine rings is 1. The number of nitrogens with zero attached hydrogens (tertiary/aromatic N) is 3. The molecular weight excluding hydrogens is 414 g/mol. The molecule has 10 nitrogen and oxygen atoms in total. The van der Waals surface area contributed by atoms with E-state index in [4.69, 9.17) is 9.90 Å². The second-order valence-electron chi connectivity index (χ2n) is 8.92. The molecule has 2 aromatic heterocycles. The van der Waals surface area contributed by atoms with Gasteiger partial charge in [-0.1, -0.05) is 19.9 Å². The Labute approximate surface area is 185 Å². The summed E-state index contributed by atoms with van der Waals surface area (Å²) >= 11 is 0. The lowest BCUT2D eigenvalue weighted by Crippen LogP contribution is -2.51. The largest absolute Gasteiger partial charge is 0.483 e. The Kier molecular flexibility index (Phi) is 7.66. The van der Waals surface area contributed by atoms with Crippen LogP contribution >= 0.6 is 0 Å². The predicted octanol–water partition coefficient (Wildman–Crippen LogP) is 1.52. The van der Waals surface area contributed by atoms with Crippen LogP contribution in [0.2, 0.25) is 0 Å². The third-order valence-corrected chi connectivity index (χ3v) is 6.32. The lowest BCUT2D eigenvalue weighted by atomic mass is 9.76. The van der Waals surface area contributed by atoms with Crippen LogP contribution in [0.4, 0.5) is 0 Å². The highest BCUT2D eigenvalue weighted by Gasteiger charge is 2.41. The highest BCUT2D eigenvalue weighted by atomic mass is 16.3. The number of rotatable bonds is 6. The van der Waals surface area contributed by atoms with Crippen molar-refractivity contribution in [1.29, 1.82) is 0 Å². The van der Waals surface area contributed by atoms with Gasteiger partial charge in [-0.05, 0) is 37.2 Å². The number of aromatic nitrogens is 4. The van der Waals surface area contributed by atoms with Gasteiger partial charge in [-0.2, -0.15) is 5.10 Å². The molecule has 1 amide bonds. The normalized spacial score (nSPS) is 21.5. The predicted molar refractivity (Wildman–Crippen MR) is 117 cm³/mol. The number of piperidine rings is 1. The number of hydrogen-bond donors (Lipinski definition) is 3. The zero-order chi connectivity index (χ0) is 23.3. The maximum atomic E-state index is 12.9. The van der Waals surface area contributed by atoms with E-state index in [-0.39, 0.29) is 35.6 Å². The number of aromatic amines is 2. The van der Waals surface area contributed by atoms with E-state index in [1.54, 1.807) is 6.07 Å². The first-order valence-corrected chi connectivity index (χ1v) is 11.0. The van der Waals surface area contributed by atoms with Crippen molar-refractivity contribution in [1.82, 2.24) is 24.6 Å². The van der Waals surface area contributed by atoms with E-state index >= 15 is 0 Å². The molecule has 2 bridgehead atoms. The van der Waals surface area contributed by atoms with Gasteiger partial charge in [-0.25, -0.2) is 9.89 Å². The van der Waals surface area contributed by atoms with Crippen molar-refractivity contribution in [2.24, 2.45) is 11.8 Å². The SMILES string of the molecule is CC(C)CC[C@H]1[C@H]2C[C@H](CN(C(=O)CCc3n[nH]c(=O)[nH]3)C2)c2cccc(=O)n21.O=CO. The summed E-state index contributed by atoms with van der Waals surface area (Å²) in [6.45, 7) is 5.50. The standard InChI is InChI=1S/C21H29N5O3.CH2O2/c1-13(2)6-7-17-15-10-14(16-4-3-5-20(28)26(16)17)11-25(12-15)19(27)9-8-18-22-21(29)24-23-18;2-1-3/h3-5,13-15,17H,6-12H2,1-2H3,(H2,22,23,24,29);1H,(H,2,3)/t14-,15+,17+;/m1./s1. The molecule has 32 heavy (non-hydrogen) atoms. The molecule has 0 aliphatic carbocycles. The number of likely N-dealkylation sites (tertiary alicyclic amines) is 1. The molecular formula is C22H31N5O5. The van der Waals surface area contributed by atoms with Crippen molar-refractivity contribution in [2.45, 2.75) is 57.9 Å². The molecule has 2 aliphatic rings. The minimum Gasteiger partial charge on any atom is -0.483 e. The molecule has 0 spiro atoms. The first kappa shape index (κ1) is 23.5. The summed E-state index contributed by atoms with van der Waals surface area (Å²) in [4.78, 5) is 49.6. The van der Waals surface area contributed by atoms with Gasteiger partial charge >= 0.3 is 5.69 Å². The zero-order valence-electron chi connectivity index (χ0n) is 18.5. The third kappa shape index (κ3) is 5.35. The quantitative estimate of drug-likeness (QED) is 0.576. The van der Waals surface area contributed by atoms with Gasteiger partial charge in [0.05, 0.1) is 0 Å². The van der Waals surface area contributed by atoms with Crippen LogP contribution in [-0.2, 0) is 16.0 Å². The van der Waals surface area contributed by atoms with Gasteiger partial charge in [-0.3, -0.25) is 19.4 Å². The fourth-order valence-corrected chi connectivity index (χ4v) is 4.93. The molecule has 10 heteroatoms. The summed E-state index contributed by atoms with van der Waals surface area (Å²) in [5.74, 6) is 1.67. The van der Waals surface area contributed by atoms with Crippen LogP contribution < -0.4 is 11.2 Å². The lowest BCUT2D eigenvalue weighted by molar-refractivity contribution is -0.134. The summed E-state index contributed by atoms with van der Waals surface area (Å²) in [6.07, 6.45) is 3.78.